The molecule has 0 atom stereocenters. The van der Waals surface area contributed by atoms with Crippen molar-refractivity contribution in [2.75, 3.05) is 5.32 Å². The summed E-state index contributed by atoms with van der Waals surface area (Å²) in [6, 6.07) is 13.1. The molecular formula is C15H9BrFN3OS. The van der Waals surface area contributed by atoms with Gasteiger partial charge >= 0.3 is 0 Å². The van der Waals surface area contributed by atoms with Crippen LogP contribution >= 0.6 is 27.3 Å². The van der Waals surface area contributed by atoms with Crippen molar-refractivity contribution in [3.05, 3.63) is 64.4 Å². The Labute approximate surface area is 138 Å². The van der Waals surface area contributed by atoms with Crippen molar-refractivity contribution in [1.82, 2.24) is 10.2 Å². The molecule has 3 rings (SSSR count). The lowest BCUT2D eigenvalue weighted by atomic mass is 10.2. The Balaban J connectivity index is 1.77. The number of carbonyl (C=O) groups is 1. The third kappa shape index (κ3) is 3.37. The molecule has 1 N–H and O–H groups in total. The van der Waals surface area contributed by atoms with E-state index in [4.69, 9.17) is 0 Å². The van der Waals surface area contributed by atoms with Gasteiger partial charge in [-0.25, -0.2) is 4.39 Å². The average Bonchev–Trinajstić information content (AvgIpc) is 2.96. The van der Waals surface area contributed by atoms with E-state index < -0.39 is 11.7 Å². The molecule has 4 nitrogen and oxygen atoms in total. The first kappa shape index (κ1) is 14.8. The molecule has 0 radical (unpaired) electrons. The number of benzene rings is 2. The molecule has 3 aromatic rings. The summed E-state index contributed by atoms with van der Waals surface area (Å²) in [6.45, 7) is 0. The number of aromatic nitrogens is 2. The zero-order chi connectivity index (χ0) is 15.5. The van der Waals surface area contributed by atoms with E-state index in [1.807, 2.05) is 24.3 Å². The monoisotopic (exact) mass is 377 g/mol. The van der Waals surface area contributed by atoms with Crippen LogP contribution in [0.5, 0.6) is 0 Å². The first-order chi connectivity index (χ1) is 10.6. The molecule has 2 aromatic carbocycles. The summed E-state index contributed by atoms with van der Waals surface area (Å²) in [7, 11) is 0. The van der Waals surface area contributed by atoms with Crippen molar-refractivity contribution in [1.29, 1.82) is 0 Å². The van der Waals surface area contributed by atoms with Crippen molar-refractivity contribution in [2.24, 2.45) is 0 Å². The molecule has 0 aliphatic carbocycles. The number of nitrogens with zero attached hydrogens (tertiary/aromatic N) is 2. The van der Waals surface area contributed by atoms with Gasteiger partial charge in [0.25, 0.3) is 5.91 Å². The van der Waals surface area contributed by atoms with Gasteiger partial charge in [0.15, 0.2) is 0 Å². The van der Waals surface area contributed by atoms with Crippen LogP contribution in [0.25, 0.3) is 10.6 Å². The lowest BCUT2D eigenvalue weighted by molar-refractivity contribution is 0.102. The summed E-state index contributed by atoms with van der Waals surface area (Å²) in [5, 5.41) is 11.7. The van der Waals surface area contributed by atoms with Gasteiger partial charge in [0.1, 0.15) is 10.8 Å². The molecule has 0 aliphatic heterocycles. The number of carbonyl (C=O) groups excluding carboxylic acids is 1. The van der Waals surface area contributed by atoms with E-state index in [1.165, 1.54) is 35.6 Å². The van der Waals surface area contributed by atoms with E-state index in [1.54, 1.807) is 0 Å². The van der Waals surface area contributed by atoms with Gasteiger partial charge in [-0.05, 0) is 30.3 Å². The van der Waals surface area contributed by atoms with E-state index in [2.05, 4.69) is 31.4 Å². The second kappa shape index (κ2) is 6.33. The van der Waals surface area contributed by atoms with Gasteiger partial charge < -0.3 is 0 Å². The van der Waals surface area contributed by atoms with Crippen molar-refractivity contribution in [2.45, 2.75) is 0 Å². The van der Waals surface area contributed by atoms with Gasteiger partial charge in [-0.15, -0.1) is 10.2 Å². The predicted octanol–water partition coefficient (Wildman–Crippen LogP) is 4.36. The molecule has 0 unspecified atom stereocenters. The standard InChI is InChI=1S/C15H9BrFN3OS/c16-11-6-4-9(5-7-11)14-19-20-15(22-14)18-13(21)10-2-1-3-12(17)8-10/h1-8H,(H,18,20,21). The summed E-state index contributed by atoms with van der Waals surface area (Å²) in [4.78, 5) is 12.0. The summed E-state index contributed by atoms with van der Waals surface area (Å²) < 4.78 is 14.1. The molecule has 1 heterocycles. The van der Waals surface area contributed by atoms with Crippen LogP contribution in [0.3, 0.4) is 0 Å². The number of anilines is 1. The quantitative estimate of drug-likeness (QED) is 0.737. The Morgan fingerprint density at radius 3 is 2.64 bits per heavy atom. The van der Waals surface area contributed by atoms with Gasteiger partial charge in [0.05, 0.1) is 0 Å². The molecule has 0 fully saturated rings. The lowest BCUT2D eigenvalue weighted by Crippen LogP contribution is -2.11. The van der Waals surface area contributed by atoms with Gasteiger partial charge in [0.2, 0.25) is 5.13 Å². The van der Waals surface area contributed by atoms with E-state index in [0.29, 0.717) is 10.1 Å². The molecule has 1 aromatic heterocycles. The Hall–Kier alpha value is -2.12. The third-order valence-corrected chi connectivity index (χ3v) is 4.24. The Kier molecular flexibility index (Phi) is 4.26. The summed E-state index contributed by atoms with van der Waals surface area (Å²) in [5.41, 5.74) is 1.15. The van der Waals surface area contributed by atoms with Gasteiger partial charge in [0, 0.05) is 15.6 Å². The van der Waals surface area contributed by atoms with Crippen LogP contribution in [0.1, 0.15) is 10.4 Å². The van der Waals surface area contributed by atoms with Crippen LogP contribution < -0.4 is 5.32 Å². The van der Waals surface area contributed by atoms with Crippen LogP contribution in [-0.4, -0.2) is 16.1 Å². The predicted molar refractivity (Wildman–Crippen MR) is 87.4 cm³/mol. The van der Waals surface area contributed by atoms with Crippen LogP contribution in [-0.2, 0) is 0 Å². The average molecular weight is 378 g/mol. The van der Waals surface area contributed by atoms with Crippen LogP contribution in [0.4, 0.5) is 9.52 Å². The van der Waals surface area contributed by atoms with E-state index in [-0.39, 0.29) is 5.56 Å². The zero-order valence-electron chi connectivity index (χ0n) is 11.1. The molecule has 0 bridgehead atoms. The molecule has 0 spiro atoms. The zero-order valence-corrected chi connectivity index (χ0v) is 13.5. The summed E-state index contributed by atoms with van der Waals surface area (Å²) in [6.07, 6.45) is 0. The highest BCUT2D eigenvalue weighted by atomic mass is 79.9. The summed E-state index contributed by atoms with van der Waals surface area (Å²) in [5.74, 6) is -0.876. The van der Waals surface area contributed by atoms with Gasteiger partial charge in [-0.3, -0.25) is 10.1 Å². The Bertz CT molecular complexity index is 820. The minimum atomic E-state index is -0.458. The fourth-order valence-corrected chi connectivity index (χ4v) is 2.79. The number of hydrogen-bond donors (Lipinski definition) is 1. The number of nitrogens with one attached hydrogen (secondary N) is 1. The smallest absolute Gasteiger partial charge is 0.257 e. The maximum atomic E-state index is 13.1. The number of halogens is 2. The van der Waals surface area contributed by atoms with Gasteiger partial charge in [-0.2, -0.15) is 0 Å². The SMILES string of the molecule is O=C(Nc1nnc(-c2ccc(Br)cc2)s1)c1cccc(F)c1. The first-order valence-corrected chi connectivity index (χ1v) is 7.89. The van der Waals surface area contributed by atoms with Crippen molar-refractivity contribution >= 4 is 38.3 Å². The van der Waals surface area contributed by atoms with Crippen molar-refractivity contribution in [3.8, 4) is 10.6 Å². The highest BCUT2D eigenvalue weighted by Gasteiger charge is 2.11. The molecule has 110 valence electrons. The van der Waals surface area contributed by atoms with Crippen molar-refractivity contribution < 1.29 is 9.18 Å². The second-order valence-electron chi connectivity index (χ2n) is 4.38. The Morgan fingerprint density at radius 1 is 1.14 bits per heavy atom. The van der Waals surface area contributed by atoms with Gasteiger partial charge in [-0.1, -0.05) is 45.5 Å². The number of amides is 1. The number of rotatable bonds is 3. The highest BCUT2D eigenvalue weighted by Crippen LogP contribution is 2.27. The minimum Gasteiger partial charge on any atom is -0.296 e. The topological polar surface area (TPSA) is 54.9 Å². The van der Waals surface area contributed by atoms with E-state index >= 15 is 0 Å². The van der Waals surface area contributed by atoms with E-state index in [0.717, 1.165) is 10.0 Å². The second-order valence-corrected chi connectivity index (χ2v) is 6.28. The van der Waals surface area contributed by atoms with Crippen molar-refractivity contribution in [3.63, 3.8) is 0 Å². The molecule has 7 heteroatoms. The normalized spacial score (nSPS) is 10.5. The largest absolute Gasteiger partial charge is 0.296 e. The first-order valence-electron chi connectivity index (χ1n) is 6.28. The fraction of sp³-hybridized carbons (Fsp3) is 0. The van der Waals surface area contributed by atoms with Crippen LogP contribution in [0.2, 0.25) is 0 Å². The molecule has 0 aliphatic rings. The van der Waals surface area contributed by atoms with Crippen LogP contribution in [0.15, 0.2) is 53.0 Å². The maximum Gasteiger partial charge on any atom is 0.257 e. The molecule has 22 heavy (non-hydrogen) atoms. The minimum absolute atomic E-state index is 0.236. The molecular weight excluding hydrogens is 369 g/mol. The highest BCUT2D eigenvalue weighted by molar-refractivity contribution is 9.10. The Morgan fingerprint density at radius 2 is 1.91 bits per heavy atom. The number of hydrogen-bond acceptors (Lipinski definition) is 4. The molecule has 0 saturated heterocycles. The summed E-state index contributed by atoms with van der Waals surface area (Å²) >= 11 is 4.62. The maximum absolute atomic E-state index is 13.1. The third-order valence-electron chi connectivity index (χ3n) is 2.82. The molecule has 1 amide bonds. The molecule has 0 saturated carbocycles. The van der Waals surface area contributed by atoms with E-state index in [9.17, 15) is 9.18 Å². The van der Waals surface area contributed by atoms with Crippen LogP contribution in [0, 0.1) is 5.82 Å². The lowest BCUT2D eigenvalue weighted by Gasteiger charge is -2.00. The fourth-order valence-electron chi connectivity index (χ4n) is 1.78.